The maximum Gasteiger partial charge on any atom is 0.412 e. The van der Waals surface area contributed by atoms with Gasteiger partial charge in [-0.25, -0.2) is 10.3 Å². The first kappa shape index (κ1) is 27.2. The SMILES string of the molecule is O=C(/C=C/[C@@H](Oc1ccccc1)[C@H](OC(=O)Nc1cccc2ccccc12)c1ccc(OCCO)cc1)NO. The van der Waals surface area contributed by atoms with Crippen LogP contribution in [0, 0.1) is 0 Å². The van der Waals surface area contributed by atoms with Gasteiger partial charge in [0, 0.05) is 11.5 Å². The van der Waals surface area contributed by atoms with E-state index in [4.69, 9.17) is 24.5 Å². The minimum atomic E-state index is -1.02. The molecule has 0 unspecified atom stereocenters. The predicted octanol–water partition coefficient (Wildman–Crippen LogP) is 5.01. The lowest BCUT2D eigenvalue weighted by Gasteiger charge is -2.26. The van der Waals surface area contributed by atoms with E-state index in [-0.39, 0.29) is 13.2 Å². The van der Waals surface area contributed by atoms with Crippen molar-refractivity contribution in [3.8, 4) is 11.5 Å². The van der Waals surface area contributed by atoms with Crippen molar-refractivity contribution < 1.29 is 34.1 Å². The van der Waals surface area contributed by atoms with Gasteiger partial charge in [0.15, 0.2) is 12.2 Å². The highest BCUT2D eigenvalue weighted by Crippen LogP contribution is 2.30. The Morgan fingerprint density at radius 1 is 0.846 bits per heavy atom. The van der Waals surface area contributed by atoms with Crippen molar-refractivity contribution in [3.05, 3.63) is 115 Å². The normalized spacial score (nSPS) is 12.5. The van der Waals surface area contributed by atoms with Crippen LogP contribution < -0.4 is 20.3 Å². The molecular weight excluding hydrogens is 500 g/mol. The van der Waals surface area contributed by atoms with E-state index < -0.39 is 24.2 Å². The molecule has 0 heterocycles. The molecule has 0 aliphatic heterocycles. The van der Waals surface area contributed by atoms with E-state index in [9.17, 15) is 9.59 Å². The highest BCUT2D eigenvalue weighted by molar-refractivity contribution is 6.00. The molecule has 0 radical (unpaired) electrons. The van der Waals surface area contributed by atoms with Crippen molar-refractivity contribution in [1.29, 1.82) is 0 Å². The number of rotatable bonds is 11. The second kappa shape index (κ2) is 13.6. The van der Waals surface area contributed by atoms with Crippen LogP contribution in [0.4, 0.5) is 10.5 Å². The fourth-order valence-corrected chi connectivity index (χ4v) is 3.91. The zero-order valence-corrected chi connectivity index (χ0v) is 20.9. The summed E-state index contributed by atoms with van der Waals surface area (Å²) >= 11 is 0. The highest BCUT2D eigenvalue weighted by Gasteiger charge is 2.28. The third-order valence-electron chi connectivity index (χ3n) is 5.69. The Labute approximate surface area is 225 Å². The van der Waals surface area contributed by atoms with E-state index in [1.165, 1.54) is 6.08 Å². The van der Waals surface area contributed by atoms with Gasteiger partial charge in [0.2, 0.25) is 0 Å². The first-order chi connectivity index (χ1) is 19.1. The molecule has 4 aromatic rings. The summed E-state index contributed by atoms with van der Waals surface area (Å²) in [4.78, 5) is 25.0. The molecule has 0 saturated carbocycles. The zero-order valence-electron chi connectivity index (χ0n) is 20.9. The van der Waals surface area contributed by atoms with Gasteiger partial charge in [-0.05, 0) is 47.4 Å². The summed E-state index contributed by atoms with van der Waals surface area (Å²) < 4.78 is 17.5. The number of benzene rings is 4. The summed E-state index contributed by atoms with van der Waals surface area (Å²) in [7, 11) is 0. The lowest BCUT2D eigenvalue weighted by atomic mass is 10.0. The maximum atomic E-state index is 13.2. The standard InChI is InChI=1S/C30H28N2O7/c33-19-20-37-23-15-13-22(14-16-23)29(27(17-18-28(34)32-36)38-24-9-2-1-3-10-24)39-30(35)31-26-12-6-8-21-7-4-5-11-25(21)26/h1-18,27,29,33,36H,19-20H2,(H,31,35)(H,32,34)/b18-17+/t27-,29-/m1/s1. The molecule has 2 atom stereocenters. The largest absolute Gasteiger partial charge is 0.491 e. The molecule has 9 nitrogen and oxygen atoms in total. The molecule has 4 rings (SSSR count). The summed E-state index contributed by atoms with van der Waals surface area (Å²) in [5.41, 5.74) is 2.66. The molecule has 0 fully saturated rings. The van der Waals surface area contributed by atoms with E-state index in [1.54, 1.807) is 60.1 Å². The number of hydroxylamine groups is 1. The molecule has 4 N–H and O–H groups in total. The van der Waals surface area contributed by atoms with Gasteiger partial charge in [-0.1, -0.05) is 66.7 Å². The highest BCUT2D eigenvalue weighted by atomic mass is 16.6. The molecule has 0 aliphatic rings. The monoisotopic (exact) mass is 528 g/mol. The molecule has 0 aromatic heterocycles. The van der Waals surface area contributed by atoms with E-state index in [1.807, 2.05) is 42.5 Å². The van der Waals surface area contributed by atoms with Gasteiger partial charge in [-0.2, -0.15) is 0 Å². The summed E-state index contributed by atoms with van der Waals surface area (Å²) in [6.07, 6.45) is -0.240. The van der Waals surface area contributed by atoms with Gasteiger partial charge in [0.25, 0.3) is 5.91 Å². The van der Waals surface area contributed by atoms with Crippen LogP contribution in [0.2, 0.25) is 0 Å². The van der Waals surface area contributed by atoms with Crippen molar-refractivity contribution in [2.24, 2.45) is 0 Å². The predicted molar refractivity (Wildman–Crippen MR) is 146 cm³/mol. The smallest absolute Gasteiger partial charge is 0.412 e. The molecule has 39 heavy (non-hydrogen) atoms. The van der Waals surface area contributed by atoms with E-state index in [2.05, 4.69) is 5.32 Å². The van der Waals surface area contributed by atoms with Crippen molar-refractivity contribution in [2.45, 2.75) is 12.2 Å². The van der Waals surface area contributed by atoms with Crippen molar-refractivity contribution >= 4 is 28.5 Å². The van der Waals surface area contributed by atoms with Gasteiger partial charge in [-0.3, -0.25) is 15.3 Å². The van der Waals surface area contributed by atoms with E-state index >= 15 is 0 Å². The average Bonchev–Trinajstić information content (AvgIpc) is 2.98. The van der Waals surface area contributed by atoms with Gasteiger partial charge in [0.05, 0.1) is 12.3 Å². The lowest BCUT2D eigenvalue weighted by Crippen LogP contribution is -2.30. The summed E-state index contributed by atoms with van der Waals surface area (Å²) in [5, 5.41) is 22.6. The van der Waals surface area contributed by atoms with Crippen LogP contribution in [0.25, 0.3) is 10.8 Å². The van der Waals surface area contributed by atoms with Gasteiger partial charge in [0.1, 0.15) is 18.1 Å². The number of para-hydroxylation sites is 1. The van der Waals surface area contributed by atoms with Crippen LogP contribution in [0.15, 0.2) is 109 Å². The van der Waals surface area contributed by atoms with Crippen molar-refractivity contribution in [2.75, 3.05) is 18.5 Å². The molecule has 0 spiro atoms. The van der Waals surface area contributed by atoms with Crippen LogP contribution in [-0.4, -0.2) is 41.6 Å². The number of amides is 2. The second-order valence-corrected chi connectivity index (χ2v) is 8.35. The van der Waals surface area contributed by atoms with Crippen LogP contribution in [0.3, 0.4) is 0 Å². The molecule has 4 aromatic carbocycles. The lowest BCUT2D eigenvalue weighted by molar-refractivity contribution is -0.124. The Morgan fingerprint density at radius 2 is 1.56 bits per heavy atom. The van der Waals surface area contributed by atoms with Crippen LogP contribution in [0.5, 0.6) is 11.5 Å². The van der Waals surface area contributed by atoms with Gasteiger partial charge in [-0.15, -0.1) is 0 Å². The Balaban J connectivity index is 1.66. The number of carbonyl (C=O) groups is 2. The van der Waals surface area contributed by atoms with Crippen LogP contribution >= 0.6 is 0 Å². The Morgan fingerprint density at radius 3 is 2.31 bits per heavy atom. The topological polar surface area (TPSA) is 126 Å². The zero-order chi connectivity index (χ0) is 27.5. The third kappa shape index (κ3) is 7.57. The number of fused-ring (bicyclic) bond motifs is 1. The first-order valence-corrected chi connectivity index (χ1v) is 12.2. The Kier molecular flexibility index (Phi) is 9.49. The first-order valence-electron chi connectivity index (χ1n) is 12.2. The molecule has 2 amide bonds. The molecule has 0 bridgehead atoms. The maximum absolute atomic E-state index is 13.2. The molecule has 0 saturated heterocycles. The van der Waals surface area contributed by atoms with Crippen molar-refractivity contribution in [3.63, 3.8) is 0 Å². The summed E-state index contributed by atoms with van der Waals surface area (Å²) in [5.74, 6) is 0.216. The van der Waals surface area contributed by atoms with Crippen LogP contribution in [0.1, 0.15) is 11.7 Å². The molecule has 0 aliphatic carbocycles. The quantitative estimate of drug-likeness (QED) is 0.122. The minimum absolute atomic E-state index is 0.130. The summed E-state index contributed by atoms with van der Waals surface area (Å²) in [6, 6.07) is 28.8. The number of anilines is 1. The number of ether oxygens (including phenoxy) is 3. The van der Waals surface area contributed by atoms with Crippen LogP contribution in [-0.2, 0) is 9.53 Å². The Hall–Kier alpha value is -4.86. The van der Waals surface area contributed by atoms with Crippen molar-refractivity contribution in [1.82, 2.24) is 5.48 Å². The van der Waals surface area contributed by atoms with E-state index in [0.29, 0.717) is 22.7 Å². The molecule has 9 heteroatoms. The Bertz CT molecular complexity index is 1400. The number of hydrogen-bond donors (Lipinski definition) is 4. The number of nitrogens with one attached hydrogen (secondary N) is 2. The van der Waals surface area contributed by atoms with E-state index in [0.717, 1.165) is 16.8 Å². The minimum Gasteiger partial charge on any atom is -0.491 e. The average molecular weight is 529 g/mol. The third-order valence-corrected chi connectivity index (χ3v) is 5.69. The number of hydrogen-bond acceptors (Lipinski definition) is 7. The number of aliphatic hydroxyl groups excluding tert-OH is 1. The van der Waals surface area contributed by atoms with Gasteiger partial charge >= 0.3 is 6.09 Å². The molecular formula is C30H28N2O7. The molecule has 200 valence electrons. The number of aliphatic hydroxyl groups is 1. The van der Waals surface area contributed by atoms with Gasteiger partial charge < -0.3 is 19.3 Å². The fraction of sp³-hybridized carbons (Fsp3) is 0.133. The fourth-order valence-electron chi connectivity index (χ4n) is 3.91. The summed E-state index contributed by atoms with van der Waals surface area (Å²) in [6.45, 7) is -0.00199. The second-order valence-electron chi connectivity index (χ2n) is 8.35. The number of carbonyl (C=O) groups excluding carboxylic acids is 2.